The summed E-state index contributed by atoms with van der Waals surface area (Å²) in [6.07, 6.45) is 4.60. The molecule has 0 aromatic heterocycles. The Morgan fingerprint density at radius 3 is 1.93 bits per heavy atom. The van der Waals surface area contributed by atoms with Gasteiger partial charge < -0.3 is 24.4 Å². The van der Waals surface area contributed by atoms with E-state index < -0.39 is 11.9 Å². The van der Waals surface area contributed by atoms with Crippen LogP contribution in [0.15, 0.2) is 47.7 Å². The maximum atomic E-state index is 11.3. The van der Waals surface area contributed by atoms with E-state index >= 15 is 0 Å². The van der Waals surface area contributed by atoms with Crippen molar-refractivity contribution in [2.45, 2.75) is 0 Å². The lowest BCUT2D eigenvalue weighted by Crippen LogP contribution is -1.94. The second kappa shape index (κ2) is 9.70. The van der Waals surface area contributed by atoms with E-state index in [0.717, 1.165) is 12.2 Å². The van der Waals surface area contributed by atoms with Crippen LogP contribution in [-0.4, -0.2) is 36.4 Å². The number of hydrogen-bond donors (Lipinski definition) is 2. The number of hydrogen-bond acceptors (Lipinski definition) is 7. The lowest BCUT2D eigenvalue weighted by molar-refractivity contribution is -0.132. The van der Waals surface area contributed by atoms with E-state index in [1.165, 1.54) is 44.6 Å². The molecule has 0 heterocycles. The molecule has 2 N–H and O–H groups in total. The van der Waals surface area contributed by atoms with E-state index in [9.17, 15) is 14.5 Å². The van der Waals surface area contributed by atoms with Crippen molar-refractivity contribution in [1.29, 1.82) is 0 Å². The van der Waals surface area contributed by atoms with Crippen molar-refractivity contribution >= 4 is 29.8 Å². The molecule has 2 aromatic carbocycles. The summed E-state index contributed by atoms with van der Waals surface area (Å²) in [5, 5.41) is 20.5. The van der Waals surface area contributed by atoms with E-state index in [1.54, 1.807) is 12.1 Å². The number of carboxylic acid groups (broad SMARTS) is 2. The fourth-order valence-electron chi connectivity index (χ4n) is 2.35. The van der Waals surface area contributed by atoms with Gasteiger partial charge in [-0.15, -0.1) is 4.91 Å². The largest absolute Gasteiger partial charge is 0.494 e. The Kier molecular flexibility index (Phi) is 7.08. The molecule has 29 heavy (non-hydrogen) atoms. The SMILES string of the molecule is COc1cc(/C=C/C(=O)O)ccc1Oc1cc(/C=C/C(=O)O)cc(OC)c1N=O. The summed E-state index contributed by atoms with van der Waals surface area (Å²) in [6.45, 7) is 0. The standard InChI is InChI=1S/C20H17NO8/c1-27-15-9-12(4-7-18(22)23)3-6-14(15)29-17-11-13(5-8-19(24)25)10-16(28-2)20(17)21-26/h3-11H,1-2H3,(H,22,23)(H,24,25)/b7-4+,8-5+. The van der Waals surface area contributed by atoms with Crippen molar-refractivity contribution in [3.8, 4) is 23.0 Å². The zero-order valence-electron chi connectivity index (χ0n) is 15.5. The first-order valence-electron chi connectivity index (χ1n) is 8.11. The fraction of sp³-hybridized carbons (Fsp3) is 0.100. The number of carboxylic acids is 2. The Bertz CT molecular complexity index is 994. The smallest absolute Gasteiger partial charge is 0.328 e. The van der Waals surface area contributed by atoms with Crippen molar-refractivity contribution in [1.82, 2.24) is 0 Å². The number of rotatable bonds is 9. The monoisotopic (exact) mass is 399 g/mol. The molecule has 9 nitrogen and oxygen atoms in total. The molecule has 0 fully saturated rings. The first kappa shape index (κ1) is 21.2. The fourth-order valence-corrected chi connectivity index (χ4v) is 2.35. The Hall–Kier alpha value is -4.14. The molecule has 0 saturated heterocycles. The highest BCUT2D eigenvalue weighted by atomic mass is 16.5. The molecule has 0 amide bonds. The molecule has 0 bridgehead atoms. The minimum Gasteiger partial charge on any atom is -0.494 e. The summed E-state index contributed by atoms with van der Waals surface area (Å²) >= 11 is 0. The van der Waals surface area contributed by atoms with Gasteiger partial charge >= 0.3 is 11.9 Å². The Morgan fingerprint density at radius 2 is 1.38 bits per heavy atom. The van der Waals surface area contributed by atoms with Crippen LogP contribution < -0.4 is 14.2 Å². The number of carbonyl (C=O) groups is 2. The number of benzene rings is 2. The van der Waals surface area contributed by atoms with Gasteiger partial charge in [0.25, 0.3) is 0 Å². The topological polar surface area (TPSA) is 132 Å². The third-order valence-corrected chi connectivity index (χ3v) is 3.62. The van der Waals surface area contributed by atoms with Crippen molar-refractivity contribution in [3.63, 3.8) is 0 Å². The minimum atomic E-state index is -1.14. The number of ether oxygens (including phenoxy) is 3. The van der Waals surface area contributed by atoms with Gasteiger partial charge in [0.1, 0.15) is 0 Å². The van der Waals surface area contributed by atoms with Crippen molar-refractivity contribution in [3.05, 3.63) is 58.5 Å². The van der Waals surface area contributed by atoms with Gasteiger partial charge in [-0.1, -0.05) is 6.07 Å². The molecule has 0 saturated carbocycles. The highest BCUT2D eigenvalue weighted by molar-refractivity contribution is 5.86. The maximum absolute atomic E-state index is 11.3. The molecule has 0 radical (unpaired) electrons. The lowest BCUT2D eigenvalue weighted by atomic mass is 10.1. The van der Waals surface area contributed by atoms with Gasteiger partial charge in [0.05, 0.1) is 14.2 Å². The molecular weight excluding hydrogens is 382 g/mol. The van der Waals surface area contributed by atoms with Gasteiger partial charge in [0.2, 0.25) is 0 Å². The third-order valence-electron chi connectivity index (χ3n) is 3.62. The molecule has 0 aliphatic carbocycles. The average molecular weight is 399 g/mol. The molecule has 2 aromatic rings. The van der Waals surface area contributed by atoms with Crippen LogP contribution in [-0.2, 0) is 9.59 Å². The normalized spacial score (nSPS) is 10.8. The highest BCUT2D eigenvalue weighted by Gasteiger charge is 2.16. The number of nitrogens with zero attached hydrogens (tertiary/aromatic N) is 1. The van der Waals surface area contributed by atoms with Crippen LogP contribution in [0.5, 0.6) is 23.0 Å². The summed E-state index contributed by atoms with van der Waals surface area (Å²) in [4.78, 5) is 32.7. The van der Waals surface area contributed by atoms with Crippen LogP contribution in [0, 0.1) is 4.91 Å². The predicted octanol–water partition coefficient (Wildman–Crippen LogP) is 4.09. The van der Waals surface area contributed by atoms with E-state index in [2.05, 4.69) is 5.18 Å². The predicted molar refractivity (Wildman–Crippen MR) is 105 cm³/mol. The zero-order chi connectivity index (χ0) is 21.4. The Balaban J connectivity index is 2.48. The maximum Gasteiger partial charge on any atom is 0.328 e. The lowest BCUT2D eigenvalue weighted by Gasteiger charge is -2.14. The van der Waals surface area contributed by atoms with Crippen LogP contribution in [0.2, 0.25) is 0 Å². The summed E-state index contributed by atoms with van der Waals surface area (Å²) < 4.78 is 16.2. The number of aliphatic carboxylic acids is 2. The molecule has 0 atom stereocenters. The van der Waals surface area contributed by atoms with Gasteiger partial charge in [-0.05, 0) is 52.7 Å². The van der Waals surface area contributed by atoms with Gasteiger partial charge in [-0.3, -0.25) is 0 Å². The summed E-state index contributed by atoms with van der Waals surface area (Å²) in [6, 6.07) is 7.54. The molecule has 150 valence electrons. The second-order valence-corrected chi connectivity index (χ2v) is 5.52. The molecule has 0 aliphatic heterocycles. The second-order valence-electron chi connectivity index (χ2n) is 5.52. The quantitative estimate of drug-likeness (QED) is 0.476. The van der Waals surface area contributed by atoms with Crippen LogP contribution >= 0.6 is 0 Å². The summed E-state index contributed by atoms with van der Waals surface area (Å²) in [7, 11) is 2.74. The average Bonchev–Trinajstić information content (AvgIpc) is 2.70. The Labute approximate surface area is 165 Å². The zero-order valence-corrected chi connectivity index (χ0v) is 15.5. The van der Waals surface area contributed by atoms with Crippen LogP contribution in [0.4, 0.5) is 5.69 Å². The van der Waals surface area contributed by atoms with Crippen LogP contribution in [0.3, 0.4) is 0 Å². The number of nitroso groups, excluding NO2 is 1. The van der Waals surface area contributed by atoms with E-state index in [4.69, 9.17) is 24.4 Å². The van der Waals surface area contributed by atoms with E-state index in [-0.39, 0.29) is 28.7 Å². The highest BCUT2D eigenvalue weighted by Crippen LogP contribution is 2.43. The summed E-state index contributed by atoms with van der Waals surface area (Å²) in [5.74, 6) is -1.61. The van der Waals surface area contributed by atoms with E-state index in [0.29, 0.717) is 11.1 Å². The van der Waals surface area contributed by atoms with Crippen molar-refractivity contribution in [2.24, 2.45) is 5.18 Å². The third kappa shape index (κ3) is 5.67. The van der Waals surface area contributed by atoms with Crippen LogP contribution in [0.25, 0.3) is 12.2 Å². The molecule has 0 unspecified atom stereocenters. The summed E-state index contributed by atoms with van der Waals surface area (Å²) in [5.41, 5.74) is 0.851. The molecule has 0 aliphatic rings. The van der Waals surface area contributed by atoms with Crippen LogP contribution in [0.1, 0.15) is 11.1 Å². The van der Waals surface area contributed by atoms with Gasteiger partial charge in [-0.2, -0.15) is 0 Å². The van der Waals surface area contributed by atoms with E-state index in [1.807, 2.05) is 0 Å². The molecule has 0 spiro atoms. The van der Waals surface area contributed by atoms with Gasteiger partial charge in [0, 0.05) is 12.2 Å². The molecular formula is C20H17NO8. The van der Waals surface area contributed by atoms with Crippen molar-refractivity contribution in [2.75, 3.05) is 14.2 Å². The minimum absolute atomic E-state index is 0.0246. The molecule has 9 heteroatoms. The van der Waals surface area contributed by atoms with Gasteiger partial charge in [0.15, 0.2) is 28.7 Å². The Morgan fingerprint density at radius 1 is 0.828 bits per heavy atom. The molecule has 2 rings (SSSR count). The van der Waals surface area contributed by atoms with Crippen molar-refractivity contribution < 1.29 is 34.0 Å². The number of methoxy groups -OCH3 is 2. The first-order chi connectivity index (χ1) is 13.9. The van der Waals surface area contributed by atoms with Gasteiger partial charge in [-0.25, -0.2) is 9.59 Å². The first-order valence-corrected chi connectivity index (χ1v) is 8.11.